The maximum atomic E-state index is 11.9. The number of rotatable bonds is 8. The zero-order valence-corrected chi connectivity index (χ0v) is 13.4. The van der Waals surface area contributed by atoms with Crippen molar-refractivity contribution < 1.29 is 13.2 Å². The molecule has 0 aromatic heterocycles. The summed E-state index contributed by atoms with van der Waals surface area (Å²) in [6.45, 7) is 1.03. The minimum absolute atomic E-state index is 0.0947. The fraction of sp³-hybridized carbons (Fsp3) is 0.533. The van der Waals surface area contributed by atoms with E-state index in [-0.39, 0.29) is 18.2 Å². The van der Waals surface area contributed by atoms with E-state index in [0.717, 1.165) is 18.4 Å². The largest absolute Gasteiger partial charge is 0.351 e. The average molecular weight is 325 g/mol. The Bertz CT molecular complexity index is 595. The molecule has 0 atom stereocenters. The monoisotopic (exact) mass is 325 g/mol. The van der Waals surface area contributed by atoms with Gasteiger partial charge < -0.3 is 11.1 Å². The van der Waals surface area contributed by atoms with Gasteiger partial charge >= 0.3 is 0 Å². The molecule has 1 aromatic rings. The summed E-state index contributed by atoms with van der Waals surface area (Å²) < 4.78 is 26.2. The van der Waals surface area contributed by atoms with Gasteiger partial charge in [0.15, 0.2) is 0 Å². The molecule has 1 fully saturated rings. The lowest BCUT2D eigenvalue weighted by Gasteiger charge is -2.25. The molecule has 4 N–H and O–H groups in total. The van der Waals surface area contributed by atoms with Gasteiger partial charge in [-0.2, -0.15) is 0 Å². The summed E-state index contributed by atoms with van der Waals surface area (Å²) in [5, 5.41) is 2.62. The van der Waals surface area contributed by atoms with Crippen LogP contribution in [0.4, 0.5) is 0 Å². The van der Waals surface area contributed by atoms with Crippen LogP contribution in [0, 0.1) is 5.92 Å². The van der Waals surface area contributed by atoms with Gasteiger partial charge in [0.1, 0.15) is 0 Å². The topological polar surface area (TPSA) is 101 Å². The predicted octanol–water partition coefficient (Wildman–Crippen LogP) is 0.595. The maximum absolute atomic E-state index is 11.9. The standard InChI is InChI=1S/C15H23N3O3S/c16-10-12-4-6-14(7-5-12)15(19)17-8-9-22(20,21)18-11-13-2-1-3-13/h4-7,13,18H,1-3,8-11,16H2,(H,17,19). The first-order valence-electron chi connectivity index (χ1n) is 7.55. The highest BCUT2D eigenvalue weighted by Gasteiger charge is 2.20. The lowest BCUT2D eigenvalue weighted by molar-refractivity contribution is 0.0956. The summed E-state index contributed by atoms with van der Waals surface area (Å²) in [5.41, 5.74) is 6.93. The molecule has 0 aliphatic heterocycles. The second-order valence-electron chi connectivity index (χ2n) is 5.62. The Hall–Kier alpha value is -1.44. The van der Waals surface area contributed by atoms with Crippen molar-refractivity contribution in [1.82, 2.24) is 10.0 Å². The van der Waals surface area contributed by atoms with Crippen LogP contribution >= 0.6 is 0 Å². The first-order valence-corrected chi connectivity index (χ1v) is 9.20. The van der Waals surface area contributed by atoms with E-state index < -0.39 is 10.0 Å². The van der Waals surface area contributed by atoms with Crippen molar-refractivity contribution in [3.8, 4) is 0 Å². The molecule has 1 aliphatic rings. The van der Waals surface area contributed by atoms with Crippen LogP contribution in [0.2, 0.25) is 0 Å². The van der Waals surface area contributed by atoms with Crippen LogP contribution in [0.25, 0.3) is 0 Å². The Morgan fingerprint density at radius 1 is 1.23 bits per heavy atom. The number of hydrogen-bond acceptors (Lipinski definition) is 4. The number of nitrogens with one attached hydrogen (secondary N) is 2. The Morgan fingerprint density at radius 2 is 1.91 bits per heavy atom. The summed E-state index contributed by atoms with van der Waals surface area (Å²) in [6, 6.07) is 6.93. The van der Waals surface area contributed by atoms with Gasteiger partial charge in [0.25, 0.3) is 5.91 Å². The molecule has 0 bridgehead atoms. The van der Waals surface area contributed by atoms with Crippen molar-refractivity contribution in [3.05, 3.63) is 35.4 Å². The van der Waals surface area contributed by atoms with E-state index in [1.807, 2.05) is 0 Å². The van der Waals surface area contributed by atoms with Gasteiger partial charge in [-0.05, 0) is 36.5 Å². The molecule has 1 aliphatic carbocycles. The zero-order valence-electron chi connectivity index (χ0n) is 12.5. The van der Waals surface area contributed by atoms with Gasteiger partial charge in [0, 0.05) is 25.2 Å². The van der Waals surface area contributed by atoms with Crippen molar-refractivity contribution in [2.24, 2.45) is 11.7 Å². The molecule has 0 radical (unpaired) electrons. The molecular formula is C15H23N3O3S. The fourth-order valence-electron chi connectivity index (χ4n) is 2.21. The Labute approximate surface area is 131 Å². The normalized spacial score (nSPS) is 15.3. The van der Waals surface area contributed by atoms with Crippen LogP contribution in [0.3, 0.4) is 0 Å². The summed E-state index contributed by atoms with van der Waals surface area (Å²) in [7, 11) is -3.32. The SMILES string of the molecule is NCc1ccc(C(=O)NCCS(=O)(=O)NCC2CCC2)cc1. The average Bonchev–Trinajstić information content (AvgIpc) is 2.45. The highest BCUT2D eigenvalue weighted by molar-refractivity contribution is 7.89. The summed E-state index contributed by atoms with van der Waals surface area (Å²) in [6.07, 6.45) is 3.38. The highest BCUT2D eigenvalue weighted by Crippen LogP contribution is 2.25. The maximum Gasteiger partial charge on any atom is 0.251 e. The third-order valence-corrected chi connectivity index (χ3v) is 5.27. The van der Waals surface area contributed by atoms with Gasteiger partial charge in [0.2, 0.25) is 10.0 Å². The molecule has 0 spiro atoms. The number of carbonyl (C=O) groups excluding carboxylic acids is 1. The van der Waals surface area contributed by atoms with E-state index in [1.165, 1.54) is 6.42 Å². The van der Waals surface area contributed by atoms with E-state index >= 15 is 0 Å². The molecule has 122 valence electrons. The van der Waals surface area contributed by atoms with Crippen LogP contribution in [0.15, 0.2) is 24.3 Å². The quantitative estimate of drug-likeness (QED) is 0.651. The van der Waals surface area contributed by atoms with Gasteiger partial charge in [-0.3, -0.25) is 4.79 Å². The van der Waals surface area contributed by atoms with Crippen LogP contribution in [0.1, 0.15) is 35.2 Å². The molecule has 2 rings (SSSR count). The summed E-state index contributed by atoms with van der Waals surface area (Å²) in [4.78, 5) is 11.9. The van der Waals surface area contributed by atoms with Crippen molar-refractivity contribution in [2.75, 3.05) is 18.8 Å². The molecular weight excluding hydrogens is 302 g/mol. The first-order chi connectivity index (χ1) is 10.5. The van der Waals surface area contributed by atoms with Crippen LogP contribution in [-0.4, -0.2) is 33.2 Å². The minimum Gasteiger partial charge on any atom is -0.351 e. The van der Waals surface area contributed by atoms with E-state index in [2.05, 4.69) is 10.0 Å². The number of amides is 1. The third kappa shape index (κ3) is 5.08. The highest BCUT2D eigenvalue weighted by atomic mass is 32.2. The fourth-order valence-corrected chi connectivity index (χ4v) is 3.21. The number of benzene rings is 1. The van der Waals surface area contributed by atoms with Gasteiger partial charge in [-0.15, -0.1) is 0 Å². The van der Waals surface area contributed by atoms with Crippen molar-refractivity contribution >= 4 is 15.9 Å². The van der Waals surface area contributed by atoms with Gasteiger partial charge in [-0.1, -0.05) is 18.6 Å². The number of hydrogen-bond donors (Lipinski definition) is 3. The molecule has 0 unspecified atom stereocenters. The molecule has 1 saturated carbocycles. The lowest BCUT2D eigenvalue weighted by atomic mass is 9.86. The van der Waals surface area contributed by atoms with Gasteiger partial charge in [-0.25, -0.2) is 13.1 Å². The summed E-state index contributed by atoms with van der Waals surface area (Å²) in [5.74, 6) is 0.0926. The molecule has 0 heterocycles. The number of nitrogens with two attached hydrogens (primary N) is 1. The van der Waals surface area contributed by atoms with Gasteiger partial charge in [0.05, 0.1) is 5.75 Å². The lowest BCUT2D eigenvalue weighted by Crippen LogP contribution is -2.37. The van der Waals surface area contributed by atoms with Crippen LogP contribution in [-0.2, 0) is 16.6 Å². The molecule has 1 amide bonds. The molecule has 1 aromatic carbocycles. The Morgan fingerprint density at radius 3 is 2.45 bits per heavy atom. The third-order valence-electron chi connectivity index (χ3n) is 3.92. The minimum atomic E-state index is -3.32. The van der Waals surface area contributed by atoms with Crippen molar-refractivity contribution in [3.63, 3.8) is 0 Å². The van der Waals surface area contributed by atoms with Crippen molar-refractivity contribution in [2.45, 2.75) is 25.8 Å². The predicted molar refractivity (Wildman–Crippen MR) is 85.8 cm³/mol. The Balaban J connectivity index is 1.72. The second-order valence-corrected chi connectivity index (χ2v) is 7.55. The Kier molecular flexibility index (Phi) is 5.93. The number of sulfonamides is 1. The molecule has 6 nitrogen and oxygen atoms in total. The first kappa shape index (κ1) is 16.9. The summed E-state index contributed by atoms with van der Waals surface area (Å²) >= 11 is 0. The van der Waals surface area contributed by atoms with Crippen LogP contribution < -0.4 is 15.8 Å². The number of carbonyl (C=O) groups is 1. The second kappa shape index (κ2) is 7.71. The molecule has 7 heteroatoms. The smallest absolute Gasteiger partial charge is 0.251 e. The van der Waals surface area contributed by atoms with Crippen LogP contribution in [0.5, 0.6) is 0 Å². The molecule has 0 saturated heterocycles. The van der Waals surface area contributed by atoms with E-state index in [1.54, 1.807) is 24.3 Å². The van der Waals surface area contributed by atoms with E-state index in [4.69, 9.17) is 5.73 Å². The van der Waals surface area contributed by atoms with Crippen molar-refractivity contribution in [1.29, 1.82) is 0 Å². The van der Waals surface area contributed by atoms with E-state index in [0.29, 0.717) is 24.6 Å². The zero-order chi connectivity index (χ0) is 16.0. The molecule has 22 heavy (non-hydrogen) atoms. The van der Waals surface area contributed by atoms with E-state index in [9.17, 15) is 13.2 Å².